The maximum atomic E-state index is 14.3. The number of carbonyl (C=O) groups is 3. The molecule has 3 aromatic heterocycles. The number of benzene rings is 1. The number of ether oxygens (including phenoxy) is 2. The van der Waals surface area contributed by atoms with Crippen LogP contribution >= 0.6 is 11.3 Å². The van der Waals surface area contributed by atoms with Crippen LogP contribution in [0.5, 0.6) is 0 Å². The van der Waals surface area contributed by atoms with Crippen molar-refractivity contribution in [1.29, 1.82) is 0 Å². The first-order chi connectivity index (χ1) is 25.3. The third-order valence-corrected chi connectivity index (χ3v) is 12.9. The van der Waals surface area contributed by atoms with Crippen LogP contribution in [0.15, 0.2) is 41.9 Å². The molecule has 0 radical (unpaired) electrons. The summed E-state index contributed by atoms with van der Waals surface area (Å²) in [5.41, 5.74) is 9.61. The number of cyclic esters (lactones) is 1. The average Bonchev–Trinajstić information content (AvgIpc) is 3.95. The van der Waals surface area contributed by atoms with Gasteiger partial charge in [-0.05, 0) is 80.2 Å². The minimum atomic E-state index is -0.825. The number of esters is 1. The number of carbonyl (C=O) groups excluding carboxylic acids is 3. The molecule has 53 heavy (non-hydrogen) atoms. The third kappa shape index (κ3) is 6.56. The Labute approximate surface area is 314 Å². The Morgan fingerprint density at radius 3 is 2.75 bits per heavy atom. The van der Waals surface area contributed by atoms with Crippen LogP contribution in [0.4, 0.5) is 0 Å². The number of nitrogens with one attached hydrogen (secondary N) is 2. The number of rotatable bonds is 6. The van der Waals surface area contributed by atoms with Gasteiger partial charge in [-0.25, -0.2) is 10.4 Å². The van der Waals surface area contributed by atoms with E-state index in [0.717, 1.165) is 69.1 Å². The van der Waals surface area contributed by atoms with Crippen molar-refractivity contribution in [1.82, 2.24) is 30.3 Å². The van der Waals surface area contributed by atoms with Gasteiger partial charge in [-0.15, -0.1) is 11.3 Å². The summed E-state index contributed by atoms with van der Waals surface area (Å²) in [7, 11) is 1.70. The first kappa shape index (κ1) is 35.9. The first-order valence-electron chi connectivity index (χ1n) is 18.9. The normalized spacial score (nSPS) is 28.5. The summed E-state index contributed by atoms with van der Waals surface area (Å²) in [4.78, 5) is 51.4. The number of pyridine rings is 1. The zero-order valence-corrected chi connectivity index (χ0v) is 32.5. The molecular formula is C41H50N6O5S. The van der Waals surface area contributed by atoms with E-state index in [2.05, 4.69) is 74.2 Å². The number of aryl methyl sites for hydroxylation is 1. The molecule has 5 heterocycles. The minimum absolute atomic E-state index is 0.0639. The second-order valence-corrected chi connectivity index (χ2v) is 17.7. The van der Waals surface area contributed by atoms with Crippen LogP contribution in [-0.4, -0.2) is 69.7 Å². The van der Waals surface area contributed by atoms with Gasteiger partial charge in [-0.2, -0.15) is 0 Å². The van der Waals surface area contributed by atoms with Gasteiger partial charge in [0, 0.05) is 71.6 Å². The molecule has 0 unspecified atom stereocenters. The topological polar surface area (TPSA) is 128 Å². The van der Waals surface area contributed by atoms with Crippen LogP contribution in [0, 0.1) is 28.6 Å². The summed E-state index contributed by atoms with van der Waals surface area (Å²) in [5, 5.41) is 8.54. The summed E-state index contributed by atoms with van der Waals surface area (Å²) in [6, 6.07) is 9.09. The first-order valence-corrected chi connectivity index (χ1v) is 19.8. The Hall–Kier alpha value is -4.13. The Balaban J connectivity index is 1.26. The fourth-order valence-corrected chi connectivity index (χ4v) is 9.42. The van der Waals surface area contributed by atoms with E-state index in [1.54, 1.807) is 12.1 Å². The highest BCUT2D eigenvalue weighted by Crippen LogP contribution is 2.57. The minimum Gasteiger partial charge on any atom is -0.464 e. The number of hydrogen-bond acceptors (Lipinski definition) is 9. The number of methoxy groups -OCH3 is 1. The lowest BCUT2D eigenvalue weighted by Crippen LogP contribution is -2.62. The van der Waals surface area contributed by atoms with Crippen LogP contribution in [0.25, 0.3) is 33.4 Å². The van der Waals surface area contributed by atoms with Crippen molar-refractivity contribution in [2.75, 3.05) is 20.3 Å². The molecule has 7 atom stereocenters. The van der Waals surface area contributed by atoms with Crippen molar-refractivity contribution >= 4 is 40.0 Å². The number of aromatic nitrogens is 3. The molecule has 1 aromatic carbocycles. The van der Waals surface area contributed by atoms with Crippen molar-refractivity contribution in [3.63, 3.8) is 0 Å². The Kier molecular flexibility index (Phi) is 9.01. The molecule has 6 bridgehead atoms. The fraction of sp³-hybridized carbons (Fsp3) is 0.537. The quantitative estimate of drug-likeness (QED) is 0.227. The molecule has 2 aliphatic carbocycles. The molecule has 12 heteroatoms. The molecular weight excluding hydrogens is 689 g/mol. The molecule has 2 saturated carbocycles. The van der Waals surface area contributed by atoms with Crippen LogP contribution in [0.1, 0.15) is 76.8 Å². The van der Waals surface area contributed by atoms with E-state index in [1.807, 2.05) is 24.6 Å². The van der Waals surface area contributed by atoms with Gasteiger partial charge >= 0.3 is 5.97 Å². The summed E-state index contributed by atoms with van der Waals surface area (Å²) in [6.45, 7) is 14.0. The molecule has 0 spiro atoms. The zero-order chi connectivity index (χ0) is 37.4. The van der Waals surface area contributed by atoms with Gasteiger partial charge in [-0.3, -0.25) is 24.4 Å². The predicted octanol–water partition coefficient (Wildman–Crippen LogP) is 6.10. The van der Waals surface area contributed by atoms with Gasteiger partial charge in [0.2, 0.25) is 5.91 Å². The highest BCUT2D eigenvalue weighted by atomic mass is 32.1. The summed E-state index contributed by atoms with van der Waals surface area (Å²) < 4.78 is 14.3. The van der Waals surface area contributed by atoms with Gasteiger partial charge < -0.3 is 19.4 Å². The molecule has 8 rings (SSSR count). The Morgan fingerprint density at radius 2 is 2.02 bits per heavy atom. The van der Waals surface area contributed by atoms with Gasteiger partial charge in [0.05, 0.1) is 34.8 Å². The van der Waals surface area contributed by atoms with Crippen molar-refractivity contribution in [2.24, 2.45) is 28.6 Å². The van der Waals surface area contributed by atoms with Crippen molar-refractivity contribution < 1.29 is 23.9 Å². The van der Waals surface area contributed by atoms with Crippen molar-refractivity contribution in [3.8, 4) is 22.5 Å². The lowest BCUT2D eigenvalue weighted by molar-refractivity contribution is -0.157. The number of hydrogen-bond donors (Lipinski definition) is 2. The van der Waals surface area contributed by atoms with Crippen LogP contribution in [-0.2, 0) is 43.2 Å². The summed E-state index contributed by atoms with van der Waals surface area (Å²) in [6.07, 6.45) is 4.11. The molecule has 3 fully saturated rings. The molecule has 2 amide bonds. The molecule has 2 N–H and O–H groups in total. The van der Waals surface area contributed by atoms with Gasteiger partial charge in [0.1, 0.15) is 12.1 Å². The van der Waals surface area contributed by atoms with E-state index in [0.29, 0.717) is 18.9 Å². The van der Waals surface area contributed by atoms with Crippen LogP contribution in [0.2, 0.25) is 0 Å². The molecule has 4 aliphatic rings. The summed E-state index contributed by atoms with van der Waals surface area (Å²) in [5.74, 6) is -0.444. The number of nitrogens with zero attached hydrogens (tertiary/aromatic N) is 4. The summed E-state index contributed by atoms with van der Waals surface area (Å²) >= 11 is 1.49. The van der Waals surface area contributed by atoms with Crippen molar-refractivity contribution in [2.45, 2.75) is 92.0 Å². The van der Waals surface area contributed by atoms with E-state index in [1.165, 1.54) is 11.3 Å². The molecule has 11 nitrogen and oxygen atoms in total. The number of hydrazine groups is 1. The van der Waals surface area contributed by atoms with Crippen molar-refractivity contribution in [3.05, 3.63) is 58.2 Å². The van der Waals surface area contributed by atoms with E-state index >= 15 is 0 Å². The zero-order valence-electron chi connectivity index (χ0n) is 31.7. The smallest absolute Gasteiger partial charge is 0.325 e. The van der Waals surface area contributed by atoms with Gasteiger partial charge in [0.25, 0.3) is 5.91 Å². The second kappa shape index (κ2) is 13.3. The number of thiazole rings is 1. The van der Waals surface area contributed by atoms with E-state index in [-0.39, 0.29) is 54.2 Å². The van der Waals surface area contributed by atoms with E-state index in [9.17, 15) is 14.4 Å². The highest BCUT2D eigenvalue weighted by molar-refractivity contribution is 7.10. The maximum absolute atomic E-state index is 14.3. The second-order valence-electron chi connectivity index (χ2n) is 16.8. The highest BCUT2D eigenvalue weighted by Gasteiger charge is 2.61. The molecule has 1 saturated heterocycles. The lowest BCUT2D eigenvalue weighted by Gasteiger charge is -2.38. The van der Waals surface area contributed by atoms with Crippen LogP contribution in [0.3, 0.4) is 0 Å². The average molecular weight is 739 g/mol. The predicted molar refractivity (Wildman–Crippen MR) is 204 cm³/mol. The Bertz CT molecular complexity index is 2110. The fourth-order valence-electron chi connectivity index (χ4n) is 8.57. The standard InChI is InChI=1S/C41H50N6O5S/c1-8-46-32-12-11-24-15-27(32)28(36(46)25-10-9-13-42-34(25)23(3)51-7)17-40(4,5)21-52-39(50)35-29-18-41(29,6)20-47(45-35)38(49)30(16-33-43-31(24)19-53-33)44-37(48)26-14-22(26)2/h9-13,15,19,22-23,26,29-30,35,45H,8,14,16-18,20-21H2,1-7H3,(H,44,48)/t22-,23-,26-,29-,30-,35-,41+/m0/s1. The van der Waals surface area contributed by atoms with E-state index < -0.39 is 17.5 Å². The van der Waals surface area contributed by atoms with Gasteiger partial charge in [-0.1, -0.05) is 33.8 Å². The molecule has 2 aliphatic heterocycles. The van der Waals surface area contributed by atoms with Crippen LogP contribution < -0.4 is 10.7 Å². The monoisotopic (exact) mass is 738 g/mol. The molecule has 280 valence electrons. The third-order valence-electron chi connectivity index (χ3n) is 12.0. The maximum Gasteiger partial charge on any atom is 0.325 e. The van der Waals surface area contributed by atoms with Gasteiger partial charge in [0.15, 0.2) is 0 Å². The number of amides is 2. The Morgan fingerprint density at radius 1 is 1.23 bits per heavy atom. The number of fused-ring (bicyclic) bond motifs is 8. The SMILES string of the molecule is CCn1c(-c2cccnc2[C@H](C)OC)c2c3cc(ccc31)-c1csc(n1)C[C@H](NC(=O)[C@H]1C[C@@H]1C)C(=O)N1C[C@@]3(C)C[C@H]3[C@H](N1)C(=O)OCC(C)(C)C2. The molecule has 4 aromatic rings. The largest absolute Gasteiger partial charge is 0.464 e. The lowest BCUT2D eigenvalue weighted by atomic mass is 9.84. The van der Waals surface area contributed by atoms with E-state index in [4.69, 9.17) is 19.4 Å².